The lowest BCUT2D eigenvalue weighted by atomic mass is 10.2. The van der Waals surface area contributed by atoms with Crippen LogP contribution in [0.5, 0.6) is 0 Å². The molecule has 0 bridgehead atoms. The van der Waals surface area contributed by atoms with E-state index in [0.717, 1.165) is 31.1 Å². The van der Waals surface area contributed by atoms with Crippen LogP contribution in [0.2, 0.25) is 0 Å². The van der Waals surface area contributed by atoms with Gasteiger partial charge in [0.15, 0.2) is 0 Å². The number of rotatable bonds is 7. The zero-order valence-electron chi connectivity index (χ0n) is 13.1. The van der Waals surface area contributed by atoms with E-state index in [1.165, 1.54) is 5.56 Å². The summed E-state index contributed by atoms with van der Waals surface area (Å²) in [5.74, 6) is 1.63. The Morgan fingerprint density at radius 3 is 2.62 bits per heavy atom. The highest BCUT2D eigenvalue weighted by Crippen LogP contribution is 2.12. The molecule has 112 valence electrons. The summed E-state index contributed by atoms with van der Waals surface area (Å²) in [6.07, 6.45) is 3.76. The van der Waals surface area contributed by atoms with Crippen LogP contribution in [-0.4, -0.2) is 23.6 Å². The second-order valence-electron chi connectivity index (χ2n) is 5.73. The lowest BCUT2D eigenvalue weighted by Crippen LogP contribution is -2.20. The highest BCUT2D eigenvalue weighted by molar-refractivity contribution is 5.38. The van der Waals surface area contributed by atoms with Crippen molar-refractivity contribution in [3.05, 3.63) is 54.0 Å². The molecule has 2 aromatic rings. The van der Waals surface area contributed by atoms with E-state index in [1.54, 1.807) is 0 Å². The molecule has 4 nitrogen and oxygen atoms in total. The zero-order valence-corrected chi connectivity index (χ0v) is 13.1. The minimum absolute atomic E-state index is 0.668. The number of pyridine rings is 2. The average Bonchev–Trinajstić information content (AvgIpc) is 2.48. The first kappa shape index (κ1) is 15.4. The summed E-state index contributed by atoms with van der Waals surface area (Å²) in [5.41, 5.74) is 2.26. The van der Waals surface area contributed by atoms with Gasteiger partial charge in [-0.25, -0.2) is 4.98 Å². The quantitative estimate of drug-likeness (QED) is 0.849. The van der Waals surface area contributed by atoms with Gasteiger partial charge in [-0.05, 0) is 36.2 Å². The van der Waals surface area contributed by atoms with Crippen molar-refractivity contribution in [3.8, 4) is 0 Å². The summed E-state index contributed by atoms with van der Waals surface area (Å²) >= 11 is 0. The number of anilines is 1. The summed E-state index contributed by atoms with van der Waals surface area (Å²) in [6, 6.07) is 10.2. The average molecular weight is 284 g/mol. The van der Waals surface area contributed by atoms with Crippen molar-refractivity contribution in [2.45, 2.75) is 26.9 Å². The van der Waals surface area contributed by atoms with Gasteiger partial charge in [0.25, 0.3) is 0 Å². The highest BCUT2D eigenvalue weighted by Gasteiger charge is 2.04. The number of nitrogens with one attached hydrogen (secondary N) is 1. The van der Waals surface area contributed by atoms with E-state index in [2.05, 4.69) is 46.2 Å². The van der Waals surface area contributed by atoms with Gasteiger partial charge in [0.2, 0.25) is 0 Å². The SMILES string of the molecule is CC(C)CNCc1ccc(N(C)Cc2ccccn2)nc1. The highest BCUT2D eigenvalue weighted by atomic mass is 15.2. The fourth-order valence-corrected chi connectivity index (χ4v) is 2.07. The Morgan fingerprint density at radius 1 is 1.14 bits per heavy atom. The molecule has 0 aliphatic heterocycles. The van der Waals surface area contributed by atoms with E-state index in [1.807, 2.05) is 37.6 Å². The minimum Gasteiger partial charge on any atom is -0.354 e. The summed E-state index contributed by atoms with van der Waals surface area (Å²) in [5, 5.41) is 3.43. The summed E-state index contributed by atoms with van der Waals surface area (Å²) in [6.45, 7) is 7.08. The predicted molar refractivity (Wildman–Crippen MR) is 87.1 cm³/mol. The first-order valence-corrected chi connectivity index (χ1v) is 7.42. The molecule has 0 aliphatic rings. The van der Waals surface area contributed by atoms with Crippen LogP contribution in [0, 0.1) is 5.92 Å². The summed E-state index contributed by atoms with van der Waals surface area (Å²) in [7, 11) is 2.04. The maximum atomic E-state index is 4.53. The molecule has 0 spiro atoms. The molecule has 0 unspecified atom stereocenters. The van der Waals surface area contributed by atoms with E-state index < -0.39 is 0 Å². The van der Waals surface area contributed by atoms with Gasteiger partial charge in [0.1, 0.15) is 5.82 Å². The molecule has 2 heterocycles. The van der Waals surface area contributed by atoms with Crippen LogP contribution in [-0.2, 0) is 13.1 Å². The van der Waals surface area contributed by atoms with Crippen molar-refractivity contribution < 1.29 is 0 Å². The fraction of sp³-hybridized carbons (Fsp3) is 0.412. The van der Waals surface area contributed by atoms with E-state index in [0.29, 0.717) is 5.92 Å². The molecule has 0 aliphatic carbocycles. The molecule has 0 aromatic carbocycles. The van der Waals surface area contributed by atoms with Crippen molar-refractivity contribution in [1.82, 2.24) is 15.3 Å². The maximum absolute atomic E-state index is 4.53. The van der Waals surface area contributed by atoms with Crippen molar-refractivity contribution >= 4 is 5.82 Å². The van der Waals surface area contributed by atoms with Crippen molar-refractivity contribution in [3.63, 3.8) is 0 Å². The number of nitrogens with zero attached hydrogens (tertiary/aromatic N) is 3. The number of hydrogen-bond acceptors (Lipinski definition) is 4. The van der Waals surface area contributed by atoms with E-state index in [9.17, 15) is 0 Å². The Bertz CT molecular complexity index is 522. The monoisotopic (exact) mass is 284 g/mol. The van der Waals surface area contributed by atoms with Crippen LogP contribution >= 0.6 is 0 Å². The van der Waals surface area contributed by atoms with Gasteiger partial charge in [0, 0.05) is 26.0 Å². The molecule has 0 saturated carbocycles. The van der Waals surface area contributed by atoms with Crippen LogP contribution in [0.4, 0.5) is 5.82 Å². The normalized spacial score (nSPS) is 10.9. The maximum Gasteiger partial charge on any atom is 0.128 e. The molecule has 0 radical (unpaired) electrons. The first-order valence-electron chi connectivity index (χ1n) is 7.42. The fourth-order valence-electron chi connectivity index (χ4n) is 2.07. The molecule has 4 heteroatoms. The third kappa shape index (κ3) is 5.16. The van der Waals surface area contributed by atoms with Crippen molar-refractivity contribution in [1.29, 1.82) is 0 Å². The summed E-state index contributed by atoms with van der Waals surface area (Å²) < 4.78 is 0. The molecule has 0 atom stereocenters. The van der Waals surface area contributed by atoms with Crippen LogP contribution in [0.3, 0.4) is 0 Å². The molecule has 0 fully saturated rings. The molecular formula is C17H24N4. The van der Waals surface area contributed by atoms with Gasteiger partial charge in [-0.2, -0.15) is 0 Å². The summed E-state index contributed by atoms with van der Waals surface area (Å²) in [4.78, 5) is 11.0. The molecule has 0 amide bonds. The van der Waals surface area contributed by atoms with Gasteiger partial charge in [-0.1, -0.05) is 26.0 Å². The third-order valence-corrected chi connectivity index (χ3v) is 3.21. The van der Waals surface area contributed by atoms with E-state index >= 15 is 0 Å². The molecule has 2 rings (SSSR count). The van der Waals surface area contributed by atoms with Crippen molar-refractivity contribution in [2.75, 3.05) is 18.5 Å². The van der Waals surface area contributed by atoms with Crippen LogP contribution in [0.1, 0.15) is 25.1 Å². The molecule has 0 saturated heterocycles. The molecule has 2 aromatic heterocycles. The molecule has 1 N–H and O–H groups in total. The Hall–Kier alpha value is -1.94. The lowest BCUT2D eigenvalue weighted by molar-refractivity contribution is 0.552. The second-order valence-corrected chi connectivity index (χ2v) is 5.73. The Kier molecular flexibility index (Phi) is 5.69. The molecular weight excluding hydrogens is 260 g/mol. The van der Waals surface area contributed by atoms with Crippen LogP contribution < -0.4 is 10.2 Å². The minimum atomic E-state index is 0.668. The van der Waals surface area contributed by atoms with Gasteiger partial charge < -0.3 is 10.2 Å². The predicted octanol–water partition coefficient (Wildman–Crippen LogP) is 2.86. The first-order chi connectivity index (χ1) is 10.1. The van der Waals surface area contributed by atoms with Crippen LogP contribution in [0.15, 0.2) is 42.7 Å². The third-order valence-electron chi connectivity index (χ3n) is 3.21. The van der Waals surface area contributed by atoms with Gasteiger partial charge >= 0.3 is 0 Å². The molecule has 21 heavy (non-hydrogen) atoms. The zero-order chi connectivity index (χ0) is 15.1. The smallest absolute Gasteiger partial charge is 0.128 e. The Morgan fingerprint density at radius 2 is 2.00 bits per heavy atom. The Labute approximate surface area is 127 Å². The topological polar surface area (TPSA) is 41.0 Å². The Balaban J connectivity index is 1.89. The second kappa shape index (κ2) is 7.74. The standard InChI is InChI=1S/C17H24N4/c1-14(2)10-18-11-15-7-8-17(20-12-15)21(3)13-16-6-4-5-9-19-16/h4-9,12,14,18H,10-11,13H2,1-3H3. The van der Waals surface area contributed by atoms with Gasteiger partial charge in [-0.3, -0.25) is 4.98 Å². The van der Waals surface area contributed by atoms with Crippen LogP contribution in [0.25, 0.3) is 0 Å². The van der Waals surface area contributed by atoms with E-state index in [4.69, 9.17) is 0 Å². The van der Waals surface area contributed by atoms with E-state index in [-0.39, 0.29) is 0 Å². The largest absolute Gasteiger partial charge is 0.354 e. The van der Waals surface area contributed by atoms with Crippen molar-refractivity contribution in [2.24, 2.45) is 5.92 Å². The lowest BCUT2D eigenvalue weighted by Gasteiger charge is -2.18. The number of aromatic nitrogens is 2. The number of hydrogen-bond donors (Lipinski definition) is 1. The van der Waals surface area contributed by atoms with Gasteiger partial charge in [0.05, 0.1) is 12.2 Å². The van der Waals surface area contributed by atoms with Gasteiger partial charge in [-0.15, -0.1) is 0 Å².